The number of pyridine rings is 1. The van der Waals surface area contributed by atoms with Gasteiger partial charge in [0, 0.05) is 16.8 Å². The number of aromatic nitrogens is 1. The van der Waals surface area contributed by atoms with E-state index in [0.29, 0.717) is 34.3 Å². The van der Waals surface area contributed by atoms with Crippen LogP contribution in [-0.4, -0.2) is 28.4 Å². The SMILES string of the molecule is CCCOc1ccc(C(O)=C2C(=O)C(=O)N(c3ccccn3)[C@H]2c2cccc(Cl)c2)cc1. The second kappa shape index (κ2) is 9.24. The summed E-state index contributed by atoms with van der Waals surface area (Å²) in [6.07, 6.45) is 2.41. The van der Waals surface area contributed by atoms with E-state index in [4.69, 9.17) is 16.3 Å². The van der Waals surface area contributed by atoms with E-state index < -0.39 is 17.7 Å². The highest BCUT2D eigenvalue weighted by atomic mass is 35.5. The summed E-state index contributed by atoms with van der Waals surface area (Å²) in [5, 5.41) is 11.6. The Kier molecular flexibility index (Phi) is 6.23. The van der Waals surface area contributed by atoms with Crippen molar-refractivity contribution in [3.05, 3.63) is 94.6 Å². The number of Topliss-reactive ketones (excluding diaryl/α,β-unsaturated/α-hetero) is 1. The molecule has 0 unspecified atom stereocenters. The minimum Gasteiger partial charge on any atom is -0.507 e. The maximum Gasteiger partial charge on any atom is 0.301 e. The van der Waals surface area contributed by atoms with Crippen LogP contribution in [0.25, 0.3) is 5.76 Å². The molecule has 1 saturated heterocycles. The van der Waals surface area contributed by atoms with Crippen LogP contribution < -0.4 is 9.64 Å². The van der Waals surface area contributed by atoms with Crippen LogP contribution in [0.3, 0.4) is 0 Å². The van der Waals surface area contributed by atoms with Crippen LogP contribution in [0.5, 0.6) is 5.75 Å². The van der Waals surface area contributed by atoms with Crippen molar-refractivity contribution in [2.75, 3.05) is 11.5 Å². The molecular formula is C25H21ClN2O4. The van der Waals surface area contributed by atoms with E-state index in [1.54, 1.807) is 72.9 Å². The fourth-order valence-corrected chi connectivity index (χ4v) is 3.84. The molecule has 7 heteroatoms. The fourth-order valence-electron chi connectivity index (χ4n) is 3.64. The maximum atomic E-state index is 13.1. The first kappa shape index (κ1) is 21.6. The number of nitrogens with zero attached hydrogens (tertiary/aromatic N) is 2. The Labute approximate surface area is 190 Å². The van der Waals surface area contributed by atoms with Gasteiger partial charge in [0.2, 0.25) is 0 Å². The first-order chi connectivity index (χ1) is 15.5. The zero-order valence-electron chi connectivity index (χ0n) is 17.4. The van der Waals surface area contributed by atoms with Gasteiger partial charge in [-0.25, -0.2) is 4.98 Å². The summed E-state index contributed by atoms with van der Waals surface area (Å²) in [5.41, 5.74) is 0.969. The minimum atomic E-state index is -0.875. The third-order valence-corrected chi connectivity index (χ3v) is 5.34. The van der Waals surface area contributed by atoms with Crippen LogP contribution in [0, 0.1) is 0 Å². The molecule has 6 nitrogen and oxygen atoms in total. The Balaban J connectivity index is 1.85. The molecule has 0 bridgehead atoms. The number of aliphatic hydroxyl groups is 1. The molecule has 1 amide bonds. The minimum absolute atomic E-state index is 0.0230. The van der Waals surface area contributed by atoms with Gasteiger partial charge in [0.1, 0.15) is 17.3 Å². The lowest BCUT2D eigenvalue weighted by Gasteiger charge is -2.24. The molecule has 32 heavy (non-hydrogen) atoms. The molecule has 0 radical (unpaired) electrons. The van der Waals surface area contributed by atoms with E-state index in [9.17, 15) is 14.7 Å². The number of carbonyl (C=O) groups is 2. The number of ketones is 1. The lowest BCUT2D eigenvalue weighted by molar-refractivity contribution is -0.132. The van der Waals surface area contributed by atoms with Crippen LogP contribution in [0.15, 0.2) is 78.5 Å². The summed E-state index contributed by atoms with van der Waals surface area (Å²) in [4.78, 5) is 31.7. The van der Waals surface area contributed by atoms with Gasteiger partial charge in [-0.2, -0.15) is 0 Å². The molecule has 1 fully saturated rings. The van der Waals surface area contributed by atoms with Crippen molar-refractivity contribution in [2.45, 2.75) is 19.4 Å². The number of benzene rings is 2. The number of hydrogen-bond acceptors (Lipinski definition) is 5. The van der Waals surface area contributed by atoms with E-state index in [0.717, 1.165) is 6.42 Å². The van der Waals surface area contributed by atoms with Gasteiger partial charge in [0.25, 0.3) is 5.78 Å². The van der Waals surface area contributed by atoms with Crippen molar-refractivity contribution in [3.63, 3.8) is 0 Å². The Hall–Kier alpha value is -3.64. The molecule has 162 valence electrons. The van der Waals surface area contributed by atoms with Crippen molar-refractivity contribution in [2.24, 2.45) is 0 Å². The molecular weight excluding hydrogens is 428 g/mol. The molecule has 1 aliphatic rings. The second-order valence-corrected chi connectivity index (χ2v) is 7.72. The third kappa shape index (κ3) is 4.09. The number of aliphatic hydroxyl groups excluding tert-OH is 1. The Morgan fingerprint density at radius 3 is 2.53 bits per heavy atom. The van der Waals surface area contributed by atoms with Crippen molar-refractivity contribution in [1.82, 2.24) is 4.98 Å². The third-order valence-electron chi connectivity index (χ3n) is 5.11. The highest BCUT2D eigenvalue weighted by Crippen LogP contribution is 2.42. The smallest absolute Gasteiger partial charge is 0.301 e. The molecule has 1 N–H and O–H groups in total. The zero-order chi connectivity index (χ0) is 22.7. The van der Waals surface area contributed by atoms with Gasteiger partial charge < -0.3 is 9.84 Å². The summed E-state index contributed by atoms with van der Waals surface area (Å²) < 4.78 is 5.58. The number of ether oxygens (including phenoxy) is 1. The Bertz CT molecular complexity index is 1180. The van der Waals surface area contributed by atoms with Crippen LogP contribution in [-0.2, 0) is 9.59 Å². The quantitative estimate of drug-likeness (QED) is 0.320. The van der Waals surface area contributed by atoms with Gasteiger partial charge in [-0.05, 0) is 60.5 Å². The summed E-state index contributed by atoms with van der Waals surface area (Å²) in [6.45, 7) is 2.59. The standard InChI is InChI=1S/C25H21ClN2O4/c1-2-14-32-19-11-9-16(10-12-19)23(29)21-22(17-6-5-7-18(26)15-17)28(25(31)24(21)30)20-8-3-4-13-27-20/h3-13,15,22,29H,2,14H2,1H3/t22-/m0/s1. The van der Waals surface area contributed by atoms with E-state index in [-0.39, 0.29) is 11.3 Å². The first-order valence-electron chi connectivity index (χ1n) is 10.2. The molecule has 3 aromatic rings. The van der Waals surface area contributed by atoms with Crippen LogP contribution in [0.1, 0.15) is 30.5 Å². The molecule has 0 aliphatic carbocycles. The summed E-state index contributed by atoms with van der Waals surface area (Å²) >= 11 is 6.20. The predicted molar refractivity (Wildman–Crippen MR) is 123 cm³/mol. The number of anilines is 1. The van der Waals surface area contributed by atoms with Crippen molar-refractivity contribution in [1.29, 1.82) is 0 Å². The van der Waals surface area contributed by atoms with Crippen LogP contribution in [0.2, 0.25) is 5.02 Å². The molecule has 2 aromatic carbocycles. The van der Waals surface area contributed by atoms with E-state index >= 15 is 0 Å². The average Bonchev–Trinajstić information content (AvgIpc) is 3.08. The maximum absolute atomic E-state index is 13.1. The molecule has 4 rings (SSSR count). The number of halogens is 1. The van der Waals surface area contributed by atoms with Crippen LogP contribution >= 0.6 is 11.6 Å². The van der Waals surface area contributed by atoms with Crippen molar-refractivity contribution in [3.8, 4) is 5.75 Å². The molecule has 1 aromatic heterocycles. The lowest BCUT2D eigenvalue weighted by Crippen LogP contribution is -2.30. The summed E-state index contributed by atoms with van der Waals surface area (Å²) in [7, 11) is 0. The molecule has 0 saturated carbocycles. The van der Waals surface area contributed by atoms with Crippen molar-refractivity contribution < 1.29 is 19.4 Å². The van der Waals surface area contributed by atoms with Gasteiger partial charge in [0.05, 0.1) is 18.2 Å². The highest BCUT2D eigenvalue weighted by Gasteiger charge is 2.47. The Morgan fingerprint density at radius 2 is 1.88 bits per heavy atom. The highest BCUT2D eigenvalue weighted by molar-refractivity contribution is 6.51. The summed E-state index contributed by atoms with van der Waals surface area (Å²) in [5.74, 6) is -0.859. The fraction of sp³-hybridized carbons (Fsp3) is 0.160. The molecule has 1 atom stereocenters. The van der Waals surface area contributed by atoms with Gasteiger partial charge in [0.15, 0.2) is 0 Å². The largest absolute Gasteiger partial charge is 0.507 e. The monoisotopic (exact) mass is 448 g/mol. The normalized spacial score (nSPS) is 17.6. The zero-order valence-corrected chi connectivity index (χ0v) is 18.1. The molecule has 0 spiro atoms. The van der Waals surface area contributed by atoms with E-state index in [2.05, 4.69) is 4.98 Å². The number of amides is 1. The Morgan fingerprint density at radius 1 is 1.09 bits per heavy atom. The van der Waals surface area contributed by atoms with Crippen molar-refractivity contribution >= 4 is 34.9 Å². The first-order valence-corrected chi connectivity index (χ1v) is 10.6. The molecule has 1 aliphatic heterocycles. The number of carbonyl (C=O) groups excluding carboxylic acids is 2. The predicted octanol–water partition coefficient (Wildman–Crippen LogP) is 5.15. The molecule has 2 heterocycles. The number of rotatable bonds is 6. The second-order valence-electron chi connectivity index (χ2n) is 7.28. The van der Waals surface area contributed by atoms with Gasteiger partial charge in [-0.3, -0.25) is 14.5 Å². The van der Waals surface area contributed by atoms with Gasteiger partial charge in [-0.1, -0.05) is 36.7 Å². The summed E-state index contributed by atoms with van der Waals surface area (Å²) in [6, 6.07) is 17.8. The van der Waals surface area contributed by atoms with Gasteiger partial charge in [-0.15, -0.1) is 0 Å². The van der Waals surface area contributed by atoms with Crippen LogP contribution in [0.4, 0.5) is 5.82 Å². The average molecular weight is 449 g/mol. The topological polar surface area (TPSA) is 79.7 Å². The van der Waals surface area contributed by atoms with Gasteiger partial charge >= 0.3 is 5.91 Å². The van der Waals surface area contributed by atoms with E-state index in [1.807, 2.05) is 6.92 Å². The lowest BCUT2D eigenvalue weighted by atomic mass is 9.95. The van der Waals surface area contributed by atoms with E-state index in [1.165, 1.54) is 4.90 Å². The number of hydrogen-bond donors (Lipinski definition) is 1.